The van der Waals surface area contributed by atoms with Gasteiger partial charge in [0.25, 0.3) is 0 Å². The summed E-state index contributed by atoms with van der Waals surface area (Å²) < 4.78 is 0.484. The van der Waals surface area contributed by atoms with E-state index in [0.29, 0.717) is 4.75 Å². The van der Waals surface area contributed by atoms with Gasteiger partial charge in [0.1, 0.15) is 0 Å². The minimum absolute atomic E-state index is 0.484. The average molecular weight is 258 g/mol. The molecule has 0 atom stereocenters. The van der Waals surface area contributed by atoms with Gasteiger partial charge in [0, 0.05) is 28.1 Å². The number of hydrogen-bond donors (Lipinski definition) is 1. The Morgan fingerprint density at radius 1 is 1.33 bits per heavy atom. The number of aryl methyl sites for hydroxylation is 1. The first-order valence-electron chi connectivity index (χ1n) is 6.38. The molecule has 0 unspecified atom stereocenters. The third-order valence-electron chi connectivity index (χ3n) is 3.69. The fourth-order valence-electron chi connectivity index (χ4n) is 2.30. The van der Waals surface area contributed by atoms with Gasteiger partial charge in [0.2, 0.25) is 0 Å². The summed E-state index contributed by atoms with van der Waals surface area (Å²) >= 11 is 1.99. The van der Waals surface area contributed by atoms with Crippen molar-refractivity contribution >= 4 is 28.4 Å². The SMILES string of the molecule is CSC1(CNc2cc(C)nc3ccccc23)CC1. The molecule has 0 amide bonds. The molecule has 1 aliphatic rings. The van der Waals surface area contributed by atoms with Crippen molar-refractivity contribution in [3.05, 3.63) is 36.0 Å². The molecular weight excluding hydrogens is 240 g/mol. The second kappa shape index (κ2) is 4.47. The quantitative estimate of drug-likeness (QED) is 0.901. The van der Waals surface area contributed by atoms with Crippen LogP contribution in [0.25, 0.3) is 10.9 Å². The van der Waals surface area contributed by atoms with Gasteiger partial charge in [-0.3, -0.25) is 4.98 Å². The lowest BCUT2D eigenvalue weighted by Gasteiger charge is -2.16. The van der Waals surface area contributed by atoms with Gasteiger partial charge in [0.05, 0.1) is 5.52 Å². The zero-order valence-electron chi connectivity index (χ0n) is 10.9. The fraction of sp³-hybridized carbons (Fsp3) is 0.400. The molecule has 1 saturated carbocycles. The molecular formula is C15H18N2S. The van der Waals surface area contributed by atoms with Gasteiger partial charge < -0.3 is 5.32 Å². The number of aromatic nitrogens is 1. The number of thioether (sulfide) groups is 1. The molecule has 1 N–H and O–H groups in total. The Balaban J connectivity index is 1.91. The van der Waals surface area contributed by atoms with Crippen LogP contribution in [-0.4, -0.2) is 22.5 Å². The van der Waals surface area contributed by atoms with Crippen molar-refractivity contribution in [1.29, 1.82) is 0 Å². The maximum absolute atomic E-state index is 4.57. The Morgan fingerprint density at radius 2 is 2.11 bits per heavy atom. The molecule has 94 valence electrons. The second-order valence-electron chi connectivity index (χ2n) is 5.07. The fourth-order valence-corrected chi connectivity index (χ4v) is 3.03. The maximum atomic E-state index is 4.57. The number of nitrogens with zero attached hydrogens (tertiary/aromatic N) is 1. The van der Waals surface area contributed by atoms with Crippen molar-refractivity contribution in [3.63, 3.8) is 0 Å². The molecule has 1 aromatic heterocycles. The molecule has 2 nitrogen and oxygen atoms in total. The minimum atomic E-state index is 0.484. The molecule has 0 radical (unpaired) electrons. The summed E-state index contributed by atoms with van der Waals surface area (Å²) in [5.41, 5.74) is 3.37. The molecule has 0 saturated heterocycles. The number of para-hydroxylation sites is 1. The van der Waals surface area contributed by atoms with E-state index in [4.69, 9.17) is 0 Å². The first kappa shape index (κ1) is 11.8. The Morgan fingerprint density at radius 3 is 2.83 bits per heavy atom. The smallest absolute Gasteiger partial charge is 0.0725 e. The number of nitrogens with one attached hydrogen (secondary N) is 1. The van der Waals surface area contributed by atoms with Gasteiger partial charge >= 0.3 is 0 Å². The highest BCUT2D eigenvalue weighted by Gasteiger charge is 2.41. The van der Waals surface area contributed by atoms with Crippen LogP contribution in [0.5, 0.6) is 0 Å². The van der Waals surface area contributed by atoms with Crippen molar-refractivity contribution in [2.45, 2.75) is 24.5 Å². The molecule has 3 rings (SSSR count). The van der Waals surface area contributed by atoms with E-state index in [9.17, 15) is 0 Å². The van der Waals surface area contributed by atoms with Crippen LogP contribution in [-0.2, 0) is 0 Å². The monoisotopic (exact) mass is 258 g/mol. The highest BCUT2D eigenvalue weighted by Crippen LogP contribution is 2.47. The third-order valence-corrected chi connectivity index (χ3v) is 5.10. The molecule has 1 heterocycles. The lowest BCUT2D eigenvalue weighted by atomic mass is 10.1. The predicted octanol–water partition coefficient (Wildman–Crippen LogP) is 3.85. The number of anilines is 1. The summed E-state index contributed by atoms with van der Waals surface area (Å²) in [5, 5.41) is 4.84. The predicted molar refractivity (Wildman–Crippen MR) is 80.4 cm³/mol. The molecule has 1 fully saturated rings. The van der Waals surface area contributed by atoms with Crippen LogP contribution in [0.4, 0.5) is 5.69 Å². The summed E-state index contributed by atoms with van der Waals surface area (Å²) in [4.78, 5) is 4.57. The van der Waals surface area contributed by atoms with Crippen LogP contribution in [0.15, 0.2) is 30.3 Å². The average Bonchev–Trinajstić information content (AvgIpc) is 3.16. The van der Waals surface area contributed by atoms with Crippen molar-refractivity contribution in [3.8, 4) is 0 Å². The Hall–Kier alpha value is -1.22. The summed E-state index contributed by atoms with van der Waals surface area (Å²) in [6.45, 7) is 3.11. The molecule has 0 aliphatic heterocycles. The molecule has 3 heteroatoms. The number of benzene rings is 1. The minimum Gasteiger partial charge on any atom is -0.383 e. The van der Waals surface area contributed by atoms with Gasteiger partial charge in [-0.1, -0.05) is 18.2 Å². The van der Waals surface area contributed by atoms with Gasteiger partial charge in [0.15, 0.2) is 0 Å². The zero-order valence-corrected chi connectivity index (χ0v) is 11.7. The molecule has 0 spiro atoms. The van der Waals surface area contributed by atoms with Crippen LogP contribution < -0.4 is 5.32 Å². The van der Waals surface area contributed by atoms with Crippen molar-refractivity contribution in [1.82, 2.24) is 4.98 Å². The Labute approximate surface area is 112 Å². The van der Waals surface area contributed by atoms with E-state index in [1.165, 1.54) is 23.9 Å². The molecule has 1 aromatic carbocycles. The van der Waals surface area contributed by atoms with E-state index in [1.54, 1.807) is 0 Å². The Kier molecular flexibility index (Phi) is 2.94. The zero-order chi connectivity index (χ0) is 12.6. The van der Waals surface area contributed by atoms with Gasteiger partial charge in [-0.25, -0.2) is 0 Å². The summed E-state index contributed by atoms with van der Waals surface area (Å²) in [7, 11) is 0. The number of hydrogen-bond acceptors (Lipinski definition) is 3. The molecule has 0 bridgehead atoms. The highest BCUT2D eigenvalue weighted by molar-refractivity contribution is 8.00. The van der Waals surface area contributed by atoms with Crippen molar-refractivity contribution in [2.24, 2.45) is 0 Å². The maximum Gasteiger partial charge on any atom is 0.0725 e. The van der Waals surface area contributed by atoms with Crippen molar-refractivity contribution < 1.29 is 0 Å². The number of fused-ring (bicyclic) bond motifs is 1. The van der Waals surface area contributed by atoms with Gasteiger partial charge in [-0.2, -0.15) is 11.8 Å². The van der Waals surface area contributed by atoms with Crippen LogP contribution in [0.2, 0.25) is 0 Å². The number of rotatable bonds is 4. The van der Waals surface area contributed by atoms with Crippen LogP contribution in [0.3, 0.4) is 0 Å². The topological polar surface area (TPSA) is 24.9 Å². The van der Waals surface area contributed by atoms with E-state index in [2.05, 4.69) is 47.7 Å². The summed E-state index contributed by atoms with van der Waals surface area (Å²) in [6.07, 6.45) is 4.89. The van der Waals surface area contributed by atoms with E-state index in [1.807, 2.05) is 17.8 Å². The lowest BCUT2D eigenvalue weighted by Crippen LogP contribution is -2.17. The van der Waals surface area contributed by atoms with Crippen molar-refractivity contribution in [2.75, 3.05) is 18.1 Å². The lowest BCUT2D eigenvalue weighted by molar-refractivity contribution is 0.950. The number of pyridine rings is 1. The summed E-state index contributed by atoms with van der Waals surface area (Å²) in [5.74, 6) is 0. The van der Waals surface area contributed by atoms with E-state index < -0.39 is 0 Å². The largest absolute Gasteiger partial charge is 0.383 e. The van der Waals surface area contributed by atoms with Gasteiger partial charge in [-0.15, -0.1) is 0 Å². The molecule has 2 aromatic rings. The molecule has 1 aliphatic carbocycles. The standard InChI is InChI=1S/C15H18N2S/c1-11-9-14(16-10-15(18-2)7-8-15)12-5-3-4-6-13(12)17-11/h3-6,9H,7-8,10H2,1-2H3,(H,16,17). The van der Waals surface area contributed by atoms with E-state index in [0.717, 1.165) is 17.8 Å². The highest BCUT2D eigenvalue weighted by atomic mass is 32.2. The summed E-state index contributed by atoms with van der Waals surface area (Å²) in [6, 6.07) is 10.5. The normalized spacial score (nSPS) is 16.8. The first-order chi connectivity index (χ1) is 8.72. The van der Waals surface area contributed by atoms with Gasteiger partial charge in [-0.05, 0) is 38.2 Å². The van der Waals surface area contributed by atoms with E-state index >= 15 is 0 Å². The first-order valence-corrected chi connectivity index (χ1v) is 7.60. The second-order valence-corrected chi connectivity index (χ2v) is 6.34. The third kappa shape index (κ3) is 2.19. The van der Waals surface area contributed by atoms with E-state index in [-0.39, 0.29) is 0 Å². The molecule has 18 heavy (non-hydrogen) atoms. The van der Waals surface area contributed by atoms with Crippen LogP contribution in [0.1, 0.15) is 18.5 Å². The Bertz CT molecular complexity index is 576. The van der Waals surface area contributed by atoms with Crippen LogP contribution in [0, 0.1) is 6.92 Å². The van der Waals surface area contributed by atoms with Crippen LogP contribution >= 0.6 is 11.8 Å².